The Morgan fingerprint density at radius 3 is 2.76 bits per heavy atom. The number of rotatable bonds is 4. The van der Waals surface area contributed by atoms with Crippen molar-refractivity contribution in [3.63, 3.8) is 0 Å². The molecule has 0 unspecified atom stereocenters. The number of nitrogens with one attached hydrogen (secondary N) is 2. The van der Waals surface area contributed by atoms with Crippen molar-refractivity contribution in [2.75, 3.05) is 11.9 Å². The van der Waals surface area contributed by atoms with Gasteiger partial charge in [0.15, 0.2) is 0 Å². The standard InChI is InChI=1S/C15H14F3N5OS/c1-7-8(2)25-13-11(7)12(24)22-10(23-13)4-6-20-14-19-5-3-9(21-14)15(16,17)18/h3,5H,4,6H2,1-2H3,(H,19,20,21)(H,22,23,24). The van der Waals surface area contributed by atoms with Crippen LogP contribution >= 0.6 is 11.3 Å². The summed E-state index contributed by atoms with van der Waals surface area (Å²) >= 11 is 1.44. The molecular weight excluding hydrogens is 355 g/mol. The van der Waals surface area contributed by atoms with E-state index in [0.717, 1.165) is 22.7 Å². The van der Waals surface area contributed by atoms with Gasteiger partial charge in [0.05, 0.1) is 5.39 Å². The van der Waals surface area contributed by atoms with Gasteiger partial charge < -0.3 is 10.3 Å². The molecule has 0 saturated carbocycles. The lowest BCUT2D eigenvalue weighted by molar-refractivity contribution is -0.141. The van der Waals surface area contributed by atoms with Crippen molar-refractivity contribution in [2.45, 2.75) is 26.4 Å². The highest BCUT2D eigenvalue weighted by molar-refractivity contribution is 7.18. The Bertz CT molecular complexity index is 979. The smallest absolute Gasteiger partial charge is 0.354 e. The van der Waals surface area contributed by atoms with E-state index >= 15 is 0 Å². The van der Waals surface area contributed by atoms with Gasteiger partial charge in [-0.05, 0) is 25.5 Å². The molecule has 3 aromatic heterocycles. The summed E-state index contributed by atoms with van der Waals surface area (Å²) in [4.78, 5) is 28.1. The van der Waals surface area contributed by atoms with Crippen LogP contribution in [0.4, 0.5) is 19.1 Å². The number of halogens is 3. The molecule has 3 rings (SSSR count). The zero-order chi connectivity index (χ0) is 18.2. The van der Waals surface area contributed by atoms with Gasteiger partial charge in [-0.1, -0.05) is 0 Å². The van der Waals surface area contributed by atoms with Crippen LogP contribution in [-0.4, -0.2) is 26.5 Å². The van der Waals surface area contributed by atoms with Gasteiger partial charge in [0.25, 0.3) is 5.56 Å². The molecule has 0 aromatic carbocycles. The fourth-order valence-corrected chi connectivity index (χ4v) is 3.36. The summed E-state index contributed by atoms with van der Waals surface area (Å²) in [7, 11) is 0. The summed E-state index contributed by atoms with van der Waals surface area (Å²) in [6, 6.07) is 0.805. The number of alkyl halides is 3. The van der Waals surface area contributed by atoms with Crippen molar-refractivity contribution in [3.05, 3.63) is 44.6 Å². The molecule has 0 fully saturated rings. The predicted octanol–water partition coefficient (Wildman–Crippen LogP) is 3.06. The first-order chi connectivity index (χ1) is 11.8. The molecule has 0 atom stereocenters. The number of anilines is 1. The maximum atomic E-state index is 12.6. The fraction of sp³-hybridized carbons (Fsp3) is 0.333. The zero-order valence-electron chi connectivity index (χ0n) is 13.4. The highest BCUT2D eigenvalue weighted by atomic mass is 32.1. The van der Waals surface area contributed by atoms with E-state index in [4.69, 9.17) is 0 Å². The van der Waals surface area contributed by atoms with Gasteiger partial charge in [-0.2, -0.15) is 13.2 Å². The monoisotopic (exact) mass is 369 g/mol. The third-order valence-corrected chi connectivity index (χ3v) is 4.78. The Hall–Kier alpha value is -2.49. The second kappa shape index (κ2) is 6.43. The Labute approximate surface area is 144 Å². The van der Waals surface area contributed by atoms with E-state index in [0.29, 0.717) is 22.5 Å². The molecule has 25 heavy (non-hydrogen) atoms. The van der Waals surface area contributed by atoms with Crippen molar-refractivity contribution in [1.82, 2.24) is 19.9 Å². The van der Waals surface area contributed by atoms with Crippen molar-refractivity contribution < 1.29 is 13.2 Å². The number of aryl methyl sites for hydroxylation is 2. The van der Waals surface area contributed by atoms with Gasteiger partial charge in [-0.15, -0.1) is 11.3 Å². The molecule has 0 saturated heterocycles. The molecule has 0 aliphatic rings. The number of hydrogen-bond acceptors (Lipinski definition) is 6. The van der Waals surface area contributed by atoms with Gasteiger partial charge in [0.2, 0.25) is 5.95 Å². The number of nitrogens with zero attached hydrogens (tertiary/aromatic N) is 3. The van der Waals surface area contributed by atoms with Crippen molar-refractivity contribution in [3.8, 4) is 0 Å². The van der Waals surface area contributed by atoms with Crippen molar-refractivity contribution >= 4 is 27.5 Å². The lowest BCUT2D eigenvalue weighted by atomic mass is 10.2. The van der Waals surface area contributed by atoms with Crippen LogP contribution in [0.15, 0.2) is 17.1 Å². The average Bonchev–Trinajstić information content (AvgIpc) is 2.82. The predicted molar refractivity (Wildman–Crippen MR) is 88.9 cm³/mol. The molecule has 6 nitrogen and oxygen atoms in total. The van der Waals surface area contributed by atoms with Crippen LogP contribution in [-0.2, 0) is 12.6 Å². The second-order valence-electron chi connectivity index (χ2n) is 5.42. The quantitative estimate of drug-likeness (QED) is 0.738. The lowest BCUT2D eigenvalue weighted by Crippen LogP contribution is -2.16. The third kappa shape index (κ3) is 3.63. The van der Waals surface area contributed by atoms with E-state index in [1.165, 1.54) is 11.3 Å². The summed E-state index contributed by atoms with van der Waals surface area (Å²) in [6.45, 7) is 4.03. The molecule has 132 valence electrons. The molecule has 0 aliphatic carbocycles. The summed E-state index contributed by atoms with van der Waals surface area (Å²) in [5.74, 6) is 0.333. The molecule has 2 N–H and O–H groups in total. The van der Waals surface area contributed by atoms with Crippen molar-refractivity contribution in [2.24, 2.45) is 0 Å². The minimum Gasteiger partial charge on any atom is -0.354 e. The van der Waals surface area contributed by atoms with E-state index in [1.807, 2.05) is 13.8 Å². The van der Waals surface area contributed by atoms with Gasteiger partial charge in [-0.3, -0.25) is 4.79 Å². The van der Waals surface area contributed by atoms with E-state index in [2.05, 4.69) is 25.3 Å². The van der Waals surface area contributed by atoms with Crippen LogP contribution in [0.25, 0.3) is 10.2 Å². The molecule has 0 amide bonds. The lowest BCUT2D eigenvalue weighted by Gasteiger charge is -2.08. The van der Waals surface area contributed by atoms with Gasteiger partial charge in [-0.25, -0.2) is 15.0 Å². The third-order valence-electron chi connectivity index (χ3n) is 3.68. The number of H-pyrrole nitrogens is 1. The fourth-order valence-electron chi connectivity index (χ4n) is 2.31. The Morgan fingerprint density at radius 2 is 2.04 bits per heavy atom. The number of thiophene rings is 1. The Kier molecular flexibility index (Phi) is 4.46. The van der Waals surface area contributed by atoms with Crippen LogP contribution < -0.4 is 10.9 Å². The van der Waals surface area contributed by atoms with E-state index in [9.17, 15) is 18.0 Å². The highest BCUT2D eigenvalue weighted by Gasteiger charge is 2.32. The average molecular weight is 369 g/mol. The second-order valence-corrected chi connectivity index (χ2v) is 6.62. The van der Waals surface area contributed by atoms with Crippen LogP contribution in [0.2, 0.25) is 0 Å². The highest BCUT2D eigenvalue weighted by Crippen LogP contribution is 2.27. The molecule has 0 spiro atoms. The molecular formula is C15H14F3N5OS. The Morgan fingerprint density at radius 1 is 1.28 bits per heavy atom. The molecule has 0 radical (unpaired) electrons. The van der Waals surface area contributed by atoms with Gasteiger partial charge >= 0.3 is 6.18 Å². The molecule has 0 aliphatic heterocycles. The molecule has 0 bridgehead atoms. The first-order valence-corrected chi connectivity index (χ1v) is 8.20. The van der Waals surface area contributed by atoms with Crippen molar-refractivity contribution in [1.29, 1.82) is 0 Å². The van der Waals surface area contributed by atoms with E-state index < -0.39 is 11.9 Å². The summed E-state index contributed by atoms with van der Waals surface area (Å²) in [5, 5.41) is 3.29. The van der Waals surface area contributed by atoms with Crippen LogP contribution in [0.3, 0.4) is 0 Å². The van der Waals surface area contributed by atoms with Crippen LogP contribution in [0.1, 0.15) is 22.0 Å². The number of aromatic amines is 1. The van der Waals surface area contributed by atoms with Gasteiger partial charge in [0, 0.05) is 24.0 Å². The number of aromatic nitrogens is 4. The largest absolute Gasteiger partial charge is 0.433 e. The summed E-state index contributed by atoms with van der Waals surface area (Å²) in [5.41, 5.74) is -0.310. The minimum atomic E-state index is -4.52. The Balaban J connectivity index is 1.72. The van der Waals surface area contributed by atoms with Gasteiger partial charge in [0.1, 0.15) is 16.3 Å². The van der Waals surface area contributed by atoms with Crippen LogP contribution in [0, 0.1) is 13.8 Å². The molecule has 3 heterocycles. The number of hydrogen-bond donors (Lipinski definition) is 2. The first-order valence-electron chi connectivity index (χ1n) is 7.38. The van der Waals surface area contributed by atoms with E-state index in [1.54, 1.807) is 0 Å². The van der Waals surface area contributed by atoms with E-state index in [-0.39, 0.29) is 18.1 Å². The zero-order valence-corrected chi connectivity index (χ0v) is 14.2. The molecule has 10 heteroatoms. The summed E-state index contributed by atoms with van der Waals surface area (Å²) in [6.07, 6.45) is -3.16. The first kappa shape index (κ1) is 17.3. The minimum absolute atomic E-state index is 0.124. The topological polar surface area (TPSA) is 83.6 Å². The maximum Gasteiger partial charge on any atom is 0.433 e. The summed E-state index contributed by atoms with van der Waals surface area (Å²) < 4.78 is 37.8. The number of fused-ring (bicyclic) bond motifs is 1. The SMILES string of the molecule is Cc1sc2nc(CCNc3nccc(C(F)(F)F)n3)[nH]c(=O)c2c1C. The normalized spacial score (nSPS) is 11.9. The maximum absolute atomic E-state index is 12.6. The molecule has 3 aromatic rings. The van der Waals surface area contributed by atoms with Crippen LogP contribution in [0.5, 0.6) is 0 Å².